The lowest BCUT2D eigenvalue weighted by molar-refractivity contribution is -0.178. The molecule has 1 atom stereocenters. The van der Waals surface area contributed by atoms with Gasteiger partial charge in [0, 0.05) is 44.2 Å². The zero-order valence-electron chi connectivity index (χ0n) is 15.6. The summed E-state index contributed by atoms with van der Waals surface area (Å²) < 4.78 is 5.97. The average molecular weight is 388 g/mol. The summed E-state index contributed by atoms with van der Waals surface area (Å²) in [5.41, 5.74) is 7.93. The van der Waals surface area contributed by atoms with Gasteiger partial charge in [-0.3, -0.25) is 9.69 Å². The van der Waals surface area contributed by atoms with Crippen LogP contribution < -0.4 is 11.1 Å². The summed E-state index contributed by atoms with van der Waals surface area (Å²) in [7, 11) is 0. The van der Waals surface area contributed by atoms with Crippen molar-refractivity contribution >= 4 is 17.5 Å². The number of halogens is 1. The van der Waals surface area contributed by atoms with Crippen molar-refractivity contribution in [3.05, 3.63) is 59.1 Å². The van der Waals surface area contributed by atoms with Crippen LogP contribution in [0, 0.1) is 0 Å². The molecule has 1 aliphatic heterocycles. The van der Waals surface area contributed by atoms with Crippen LogP contribution in [0.25, 0.3) is 11.1 Å². The zero-order chi connectivity index (χ0) is 19.3. The lowest BCUT2D eigenvalue weighted by Crippen LogP contribution is -2.64. The van der Waals surface area contributed by atoms with E-state index < -0.39 is 11.6 Å². The maximum atomic E-state index is 12.5. The summed E-state index contributed by atoms with van der Waals surface area (Å²) in [5, 5.41) is 4.02. The van der Waals surface area contributed by atoms with Gasteiger partial charge in [-0.1, -0.05) is 48.0 Å². The first kappa shape index (κ1) is 19.8. The molecule has 0 bridgehead atoms. The van der Waals surface area contributed by atoms with E-state index in [1.54, 1.807) is 0 Å². The van der Waals surface area contributed by atoms with E-state index in [4.69, 9.17) is 22.1 Å². The van der Waals surface area contributed by atoms with Gasteiger partial charge in [-0.05, 0) is 35.7 Å². The van der Waals surface area contributed by atoms with Crippen LogP contribution in [0.4, 0.5) is 0 Å². The van der Waals surface area contributed by atoms with Crippen molar-refractivity contribution in [3.8, 4) is 11.1 Å². The summed E-state index contributed by atoms with van der Waals surface area (Å²) >= 11 is 5.96. The Labute approximate surface area is 165 Å². The quantitative estimate of drug-likeness (QED) is 0.766. The number of carbonyl (C=O) groups is 1. The maximum absolute atomic E-state index is 12.5. The second kappa shape index (κ2) is 8.85. The van der Waals surface area contributed by atoms with E-state index in [0.717, 1.165) is 42.9 Å². The smallest absolute Gasteiger partial charge is 0.265 e. The molecule has 1 fully saturated rings. The molecular formula is C21H26ClN3O2. The average Bonchev–Trinajstić information content (AvgIpc) is 2.69. The van der Waals surface area contributed by atoms with Crippen LogP contribution in [0.1, 0.15) is 12.5 Å². The van der Waals surface area contributed by atoms with Crippen LogP contribution in [-0.4, -0.2) is 49.3 Å². The van der Waals surface area contributed by atoms with Crippen LogP contribution in [0.5, 0.6) is 0 Å². The van der Waals surface area contributed by atoms with Crippen molar-refractivity contribution in [1.29, 1.82) is 0 Å². The topological polar surface area (TPSA) is 67.6 Å². The molecule has 1 amide bonds. The largest absolute Gasteiger partial charge is 0.366 e. The van der Waals surface area contributed by atoms with Crippen molar-refractivity contribution in [3.63, 3.8) is 0 Å². The Bertz CT molecular complexity index is 758. The van der Waals surface area contributed by atoms with E-state index in [1.807, 2.05) is 55.5 Å². The molecule has 1 heterocycles. The Balaban J connectivity index is 1.84. The molecule has 0 aromatic heterocycles. The predicted molar refractivity (Wildman–Crippen MR) is 109 cm³/mol. The SMILES string of the molecule is CCOC(Cc1ccc(-c2ccc(Cl)cc2)cc1)(C(N)=O)N1CCNCC1. The molecule has 2 aromatic carbocycles. The summed E-state index contributed by atoms with van der Waals surface area (Å²) in [6.45, 7) is 5.41. The van der Waals surface area contributed by atoms with Crippen molar-refractivity contribution in [2.24, 2.45) is 5.73 Å². The Kier molecular flexibility index (Phi) is 6.50. The molecule has 0 radical (unpaired) electrons. The van der Waals surface area contributed by atoms with E-state index in [1.165, 1.54) is 0 Å². The third kappa shape index (κ3) is 4.50. The monoisotopic (exact) mass is 387 g/mol. The molecule has 144 valence electrons. The Morgan fingerprint density at radius 3 is 2.19 bits per heavy atom. The summed E-state index contributed by atoms with van der Waals surface area (Å²) in [6, 6.07) is 15.9. The van der Waals surface area contributed by atoms with Crippen LogP contribution in [0.15, 0.2) is 48.5 Å². The van der Waals surface area contributed by atoms with Crippen molar-refractivity contribution in [1.82, 2.24) is 10.2 Å². The third-order valence-corrected chi connectivity index (χ3v) is 5.22. The lowest BCUT2D eigenvalue weighted by Gasteiger charge is -2.43. The van der Waals surface area contributed by atoms with Gasteiger partial charge >= 0.3 is 0 Å². The van der Waals surface area contributed by atoms with Crippen LogP contribution >= 0.6 is 11.6 Å². The third-order valence-electron chi connectivity index (χ3n) is 4.97. The van der Waals surface area contributed by atoms with Crippen molar-refractivity contribution in [2.45, 2.75) is 19.1 Å². The van der Waals surface area contributed by atoms with Crippen LogP contribution in [0.3, 0.4) is 0 Å². The van der Waals surface area contributed by atoms with Crippen LogP contribution in [0.2, 0.25) is 5.02 Å². The number of primary amides is 1. The van der Waals surface area contributed by atoms with Gasteiger partial charge in [0.15, 0.2) is 0 Å². The fourth-order valence-electron chi connectivity index (χ4n) is 3.57. The number of nitrogens with two attached hydrogens (primary N) is 1. The molecule has 1 unspecified atom stereocenters. The summed E-state index contributed by atoms with van der Waals surface area (Å²) in [6.07, 6.45) is 0.428. The van der Waals surface area contributed by atoms with E-state index in [2.05, 4.69) is 10.2 Å². The number of hydrogen-bond donors (Lipinski definition) is 2. The van der Waals surface area contributed by atoms with Crippen molar-refractivity contribution in [2.75, 3.05) is 32.8 Å². The van der Waals surface area contributed by atoms with Gasteiger partial charge < -0.3 is 15.8 Å². The zero-order valence-corrected chi connectivity index (χ0v) is 16.3. The van der Waals surface area contributed by atoms with Gasteiger partial charge in [-0.15, -0.1) is 0 Å². The van der Waals surface area contributed by atoms with E-state index in [9.17, 15) is 4.79 Å². The highest BCUT2D eigenvalue weighted by molar-refractivity contribution is 6.30. The number of nitrogens with zero attached hydrogens (tertiary/aromatic N) is 1. The highest BCUT2D eigenvalue weighted by Crippen LogP contribution is 2.26. The second-order valence-corrected chi connectivity index (χ2v) is 7.14. The van der Waals surface area contributed by atoms with E-state index in [0.29, 0.717) is 18.1 Å². The number of carbonyl (C=O) groups excluding carboxylic acids is 1. The predicted octanol–water partition coefficient (Wildman–Crippen LogP) is 2.67. The van der Waals surface area contributed by atoms with Crippen LogP contribution in [-0.2, 0) is 16.0 Å². The number of benzene rings is 2. The fourth-order valence-corrected chi connectivity index (χ4v) is 3.69. The Morgan fingerprint density at radius 2 is 1.67 bits per heavy atom. The minimum absolute atomic E-state index is 0.426. The maximum Gasteiger partial charge on any atom is 0.265 e. The molecule has 0 spiro atoms. The Morgan fingerprint density at radius 1 is 1.11 bits per heavy atom. The fraction of sp³-hybridized carbons (Fsp3) is 0.381. The first-order valence-electron chi connectivity index (χ1n) is 9.29. The van der Waals surface area contributed by atoms with Gasteiger partial charge in [-0.25, -0.2) is 0 Å². The number of nitrogens with one attached hydrogen (secondary N) is 1. The molecule has 3 N–H and O–H groups in total. The molecule has 0 aliphatic carbocycles. The van der Waals surface area contributed by atoms with Gasteiger partial charge in [0.05, 0.1) is 0 Å². The number of amides is 1. The molecule has 1 aliphatic rings. The molecule has 5 nitrogen and oxygen atoms in total. The number of hydrogen-bond acceptors (Lipinski definition) is 4. The normalized spacial score (nSPS) is 17.4. The van der Waals surface area contributed by atoms with Gasteiger partial charge in [-0.2, -0.15) is 0 Å². The minimum atomic E-state index is -1.11. The van der Waals surface area contributed by atoms with Gasteiger partial charge in [0.1, 0.15) is 0 Å². The highest BCUT2D eigenvalue weighted by atomic mass is 35.5. The molecule has 2 aromatic rings. The Hall–Kier alpha value is -1.92. The molecule has 0 saturated carbocycles. The molecule has 3 rings (SSSR count). The first-order chi connectivity index (χ1) is 13.0. The summed E-state index contributed by atoms with van der Waals surface area (Å²) in [5.74, 6) is -0.437. The van der Waals surface area contributed by atoms with E-state index >= 15 is 0 Å². The molecule has 1 saturated heterocycles. The standard InChI is InChI=1S/C21H26ClN3O2/c1-2-27-21(20(23)26,25-13-11-24-12-14-25)15-16-3-5-17(6-4-16)18-7-9-19(22)10-8-18/h3-10,24H,2,11-15H2,1H3,(H2,23,26). The summed E-state index contributed by atoms with van der Waals surface area (Å²) in [4.78, 5) is 14.5. The number of piperazine rings is 1. The van der Waals surface area contributed by atoms with Crippen molar-refractivity contribution < 1.29 is 9.53 Å². The second-order valence-electron chi connectivity index (χ2n) is 6.70. The van der Waals surface area contributed by atoms with Gasteiger partial charge in [0.25, 0.3) is 5.91 Å². The molecule has 27 heavy (non-hydrogen) atoms. The lowest BCUT2D eigenvalue weighted by atomic mass is 9.96. The number of rotatable bonds is 7. The van der Waals surface area contributed by atoms with Gasteiger partial charge in [0.2, 0.25) is 5.72 Å². The molecule has 6 heteroatoms. The van der Waals surface area contributed by atoms with E-state index in [-0.39, 0.29) is 0 Å². The highest BCUT2D eigenvalue weighted by Gasteiger charge is 2.44. The number of ether oxygens (including phenoxy) is 1. The minimum Gasteiger partial charge on any atom is -0.366 e. The molecular weight excluding hydrogens is 362 g/mol. The first-order valence-corrected chi connectivity index (χ1v) is 9.67.